The van der Waals surface area contributed by atoms with E-state index in [1.165, 1.54) is 0 Å². The fourth-order valence-electron chi connectivity index (χ4n) is 2.78. The van der Waals surface area contributed by atoms with Crippen molar-refractivity contribution in [2.24, 2.45) is 5.92 Å². The molecule has 0 aliphatic carbocycles. The predicted molar refractivity (Wildman–Crippen MR) is 89.6 cm³/mol. The van der Waals surface area contributed by atoms with Gasteiger partial charge in [-0.3, -0.25) is 19.8 Å². The predicted octanol–water partition coefficient (Wildman–Crippen LogP) is -0.139. The minimum atomic E-state index is -0.596. The summed E-state index contributed by atoms with van der Waals surface area (Å²) in [6.45, 7) is 2.91. The van der Waals surface area contributed by atoms with Gasteiger partial charge < -0.3 is 16.0 Å². The molecule has 1 fully saturated rings. The minimum Gasteiger partial charge on any atom is -0.378 e. The Labute approximate surface area is 140 Å². The molecule has 1 aliphatic rings. The largest absolute Gasteiger partial charge is 0.378 e. The molecule has 10 heteroatoms. The highest BCUT2D eigenvalue weighted by molar-refractivity contribution is 5.77. The zero-order valence-corrected chi connectivity index (χ0v) is 13.9. The number of hydrogen-bond acceptors (Lipinski definition) is 8. The Morgan fingerprint density at radius 2 is 2.21 bits per heavy atom. The highest BCUT2D eigenvalue weighted by atomic mass is 16.6. The van der Waals surface area contributed by atoms with E-state index in [1.54, 1.807) is 7.05 Å². The maximum atomic E-state index is 11.4. The van der Waals surface area contributed by atoms with Gasteiger partial charge in [-0.15, -0.1) is 0 Å². The lowest BCUT2D eigenvalue weighted by atomic mass is 9.96. The van der Waals surface area contributed by atoms with Crippen LogP contribution in [0.3, 0.4) is 0 Å². The second-order valence-corrected chi connectivity index (χ2v) is 5.97. The van der Waals surface area contributed by atoms with Crippen LogP contribution in [0, 0.1) is 16.0 Å². The van der Waals surface area contributed by atoms with Gasteiger partial charge in [0.25, 0.3) is 0 Å². The number of nitrogen functional groups attached to an aromatic ring is 1. The number of amides is 1. The van der Waals surface area contributed by atoms with E-state index in [4.69, 9.17) is 5.73 Å². The summed E-state index contributed by atoms with van der Waals surface area (Å²) < 4.78 is 0. The Morgan fingerprint density at radius 1 is 1.54 bits per heavy atom. The molecule has 10 nitrogen and oxygen atoms in total. The highest BCUT2D eigenvalue weighted by Crippen LogP contribution is 2.22. The minimum absolute atomic E-state index is 0.0281. The molecule has 0 aromatic carbocycles. The van der Waals surface area contributed by atoms with Crippen molar-refractivity contribution < 1.29 is 9.72 Å². The van der Waals surface area contributed by atoms with E-state index in [1.807, 2.05) is 11.9 Å². The van der Waals surface area contributed by atoms with E-state index < -0.39 is 4.92 Å². The first-order valence-corrected chi connectivity index (χ1v) is 7.81. The Hall–Kier alpha value is -2.49. The summed E-state index contributed by atoms with van der Waals surface area (Å²) in [6, 6.07) is 0. The van der Waals surface area contributed by atoms with Crippen LogP contribution in [0.4, 0.5) is 17.5 Å². The zero-order chi connectivity index (χ0) is 17.7. The molecule has 2 rings (SSSR count). The van der Waals surface area contributed by atoms with Gasteiger partial charge in [0.15, 0.2) is 0 Å². The van der Waals surface area contributed by atoms with E-state index in [9.17, 15) is 14.9 Å². The topological polar surface area (TPSA) is 131 Å². The molecule has 0 bridgehead atoms. The van der Waals surface area contributed by atoms with Crippen molar-refractivity contribution >= 4 is 23.4 Å². The molecule has 132 valence electrons. The lowest BCUT2D eigenvalue weighted by Gasteiger charge is -2.33. The molecule has 0 atom stereocenters. The van der Waals surface area contributed by atoms with Crippen LogP contribution in [0.5, 0.6) is 0 Å². The number of likely N-dealkylation sites (N-methyl/N-ethyl adjacent to an activating group) is 1. The molecule has 0 radical (unpaired) electrons. The number of anilines is 2. The molecule has 1 aliphatic heterocycles. The average Bonchev–Trinajstić information content (AvgIpc) is 2.56. The fraction of sp³-hybridized carbons (Fsp3) is 0.643. The van der Waals surface area contributed by atoms with Crippen molar-refractivity contribution in [2.45, 2.75) is 12.8 Å². The molecule has 1 amide bonds. The molecule has 1 saturated heterocycles. The van der Waals surface area contributed by atoms with Crippen LogP contribution in [0.15, 0.2) is 6.20 Å². The van der Waals surface area contributed by atoms with Crippen molar-refractivity contribution in [3.05, 3.63) is 16.3 Å². The van der Waals surface area contributed by atoms with Crippen LogP contribution < -0.4 is 16.0 Å². The van der Waals surface area contributed by atoms with Crippen LogP contribution in [0.2, 0.25) is 0 Å². The third-order valence-corrected chi connectivity index (χ3v) is 4.21. The van der Waals surface area contributed by atoms with Crippen LogP contribution in [0.1, 0.15) is 12.8 Å². The van der Waals surface area contributed by atoms with Gasteiger partial charge in [-0.2, -0.15) is 4.98 Å². The summed E-state index contributed by atoms with van der Waals surface area (Å²) in [5, 5.41) is 13.4. The number of carbonyl (C=O) groups excluding carboxylic acids is 1. The first-order valence-electron chi connectivity index (χ1n) is 7.81. The molecular formula is C14H23N7O3. The number of nitrogens with zero attached hydrogens (tertiary/aromatic N) is 5. The van der Waals surface area contributed by atoms with E-state index in [-0.39, 0.29) is 17.4 Å². The standard InChI is InChI=1S/C14H23N7O3/c1-16-12(22)9-20-5-3-10(4-6-20)8-19(2)14-17-7-11(21(23)24)13(15)18-14/h7,10H,3-6,8-9H2,1-2H3,(H,16,22)(H2,15,17,18). The number of piperidine rings is 1. The third-order valence-electron chi connectivity index (χ3n) is 4.21. The second kappa shape index (κ2) is 7.86. The lowest BCUT2D eigenvalue weighted by molar-refractivity contribution is -0.384. The number of carbonyl (C=O) groups is 1. The molecule has 24 heavy (non-hydrogen) atoms. The summed E-state index contributed by atoms with van der Waals surface area (Å²) >= 11 is 0. The smallest absolute Gasteiger partial charge is 0.329 e. The van der Waals surface area contributed by atoms with Crippen molar-refractivity contribution in [1.29, 1.82) is 0 Å². The van der Waals surface area contributed by atoms with Crippen molar-refractivity contribution in [3.8, 4) is 0 Å². The molecule has 0 saturated carbocycles. The Bertz CT molecular complexity index is 602. The third kappa shape index (κ3) is 4.51. The number of hydrogen-bond donors (Lipinski definition) is 2. The van der Waals surface area contributed by atoms with Gasteiger partial charge >= 0.3 is 5.69 Å². The molecule has 0 spiro atoms. The quantitative estimate of drug-likeness (QED) is 0.542. The number of aromatic nitrogens is 2. The van der Waals surface area contributed by atoms with Crippen LogP contribution in [-0.2, 0) is 4.79 Å². The van der Waals surface area contributed by atoms with Crippen LogP contribution in [0.25, 0.3) is 0 Å². The molecule has 3 N–H and O–H groups in total. The summed E-state index contributed by atoms with van der Waals surface area (Å²) in [4.78, 5) is 33.6. The Balaban J connectivity index is 1.87. The summed E-state index contributed by atoms with van der Waals surface area (Å²) in [7, 11) is 3.48. The van der Waals surface area contributed by atoms with Gasteiger partial charge in [0.1, 0.15) is 6.20 Å². The van der Waals surface area contributed by atoms with Crippen molar-refractivity contribution in [1.82, 2.24) is 20.2 Å². The Morgan fingerprint density at radius 3 is 2.75 bits per heavy atom. The first-order chi connectivity index (χ1) is 11.4. The normalized spacial score (nSPS) is 15.9. The number of nitrogens with one attached hydrogen (secondary N) is 1. The highest BCUT2D eigenvalue weighted by Gasteiger charge is 2.23. The van der Waals surface area contributed by atoms with E-state index in [2.05, 4.69) is 20.2 Å². The van der Waals surface area contributed by atoms with Crippen LogP contribution in [-0.4, -0.2) is 66.0 Å². The SMILES string of the molecule is CNC(=O)CN1CCC(CN(C)c2ncc([N+](=O)[O-])c(N)n2)CC1. The van der Waals surface area contributed by atoms with E-state index >= 15 is 0 Å². The lowest BCUT2D eigenvalue weighted by Crippen LogP contribution is -2.42. The van der Waals surface area contributed by atoms with Crippen LogP contribution >= 0.6 is 0 Å². The number of rotatable bonds is 6. The van der Waals surface area contributed by atoms with Crippen molar-refractivity contribution in [3.63, 3.8) is 0 Å². The first kappa shape index (κ1) is 17.9. The number of nitrogens with two attached hydrogens (primary N) is 1. The summed E-state index contributed by atoms with van der Waals surface area (Å²) in [6.07, 6.45) is 3.09. The molecular weight excluding hydrogens is 314 g/mol. The van der Waals surface area contributed by atoms with Crippen molar-refractivity contribution in [2.75, 3.05) is 50.9 Å². The number of nitro groups is 1. The van der Waals surface area contributed by atoms with E-state index in [0.717, 1.165) is 38.7 Å². The fourth-order valence-corrected chi connectivity index (χ4v) is 2.78. The Kier molecular flexibility index (Phi) is 5.85. The molecule has 1 aromatic heterocycles. The van der Waals surface area contributed by atoms with Gasteiger partial charge in [-0.1, -0.05) is 0 Å². The molecule has 1 aromatic rings. The zero-order valence-electron chi connectivity index (χ0n) is 13.9. The maximum Gasteiger partial charge on any atom is 0.329 e. The number of likely N-dealkylation sites (tertiary alicyclic amines) is 1. The van der Waals surface area contributed by atoms with Gasteiger partial charge in [0.2, 0.25) is 17.7 Å². The van der Waals surface area contributed by atoms with Gasteiger partial charge in [0, 0.05) is 20.6 Å². The molecule has 0 unspecified atom stereocenters. The second-order valence-electron chi connectivity index (χ2n) is 5.97. The van der Waals surface area contributed by atoms with E-state index in [0.29, 0.717) is 18.4 Å². The summed E-state index contributed by atoms with van der Waals surface area (Å²) in [5.41, 5.74) is 5.32. The maximum absolute atomic E-state index is 11.4. The summed E-state index contributed by atoms with van der Waals surface area (Å²) in [5.74, 6) is 0.736. The monoisotopic (exact) mass is 337 g/mol. The van der Waals surface area contributed by atoms with Gasteiger partial charge in [0.05, 0.1) is 11.5 Å². The average molecular weight is 337 g/mol. The molecule has 2 heterocycles. The van der Waals surface area contributed by atoms with Gasteiger partial charge in [-0.05, 0) is 31.8 Å². The van der Waals surface area contributed by atoms with Gasteiger partial charge in [-0.25, -0.2) is 4.98 Å².